The van der Waals surface area contributed by atoms with Crippen LogP contribution in [0.2, 0.25) is 0 Å². The highest BCUT2D eigenvalue weighted by molar-refractivity contribution is 6.11. The van der Waals surface area contributed by atoms with Gasteiger partial charge in [0, 0.05) is 6.08 Å². The van der Waals surface area contributed by atoms with Gasteiger partial charge in [-0.3, -0.25) is 0 Å². The lowest BCUT2D eigenvalue weighted by Crippen LogP contribution is -2.19. The smallest absolute Gasteiger partial charge is 0.342 e. The van der Waals surface area contributed by atoms with Crippen LogP contribution in [0.3, 0.4) is 0 Å². The number of carboxylic acid groups (broad SMARTS) is 2. The third-order valence-corrected chi connectivity index (χ3v) is 3.92. The minimum atomic E-state index is -1.65. The first-order valence-electron chi connectivity index (χ1n) is 8.98. The van der Waals surface area contributed by atoms with Crippen molar-refractivity contribution in [2.45, 2.75) is 45.4 Å². The monoisotopic (exact) mass is 392 g/mol. The van der Waals surface area contributed by atoms with E-state index in [0.717, 1.165) is 50.3 Å². The van der Waals surface area contributed by atoms with Gasteiger partial charge in [0.1, 0.15) is 11.3 Å². The summed E-state index contributed by atoms with van der Waals surface area (Å²) in [5.74, 6) is -5.59. The maximum Gasteiger partial charge on any atom is 0.342 e. The van der Waals surface area contributed by atoms with Crippen molar-refractivity contribution >= 4 is 23.9 Å². The molecule has 1 aromatic rings. The number of unbranched alkanes of at least 4 members (excludes halogenated alkanes) is 5. The molecule has 0 aromatic heterocycles. The molecule has 0 unspecified atom stereocenters. The van der Waals surface area contributed by atoms with Gasteiger partial charge in [0.15, 0.2) is 0 Å². The summed E-state index contributed by atoms with van der Waals surface area (Å²) in [5.41, 5.74) is -2.03. The van der Waals surface area contributed by atoms with Crippen molar-refractivity contribution in [2.24, 2.45) is 0 Å². The van der Waals surface area contributed by atoms with Gasteiger partial charge >= 0.3 is 23.9 Å². The molecular weight excluding hydrogens is 368 g/mol. The fraction of sp³-hybridized carbons (Fsp3) is 0.400. The molecule has 28 heavy (non-hydrogen) atoms. The first kappa shape index (κ1) is 22.9. The number of hydrogen-bond acceptors (Lipinski definition) is 6. The minimum absolute atomic E-state index is 0.0379. The Morgan fingerprint density at radius 2 is 1.61 bits per heavy atom. The largest absolute Gasteiger partial charge is 0.478 e. The number of hydrogen-bond donors (Lipinski definition) is 2. The average molecular weight is 392 g/mol. The molecule has 1 rings (SSSR count). The van der Waals surface area contributed by atoms with E-state index < -0.39 is 46.3 Å². The molecule has 0 saturated carbocycles. The minimum Gasteiger partial charge on any atom is -0.478 e. The van der Waals surface area contributed by atoms with Gasteiger partial charge in [0.2, 0.25) is 0 Å². The van der Waals surface area contributed by atoms with E-state index in [4.69, 9.17) is 9.47 Å². The zero-order valence-corrected chi connectivity index (χ0v) is 15.7. The van der Waals surface area contributed by atoms with Crippen molar-refractivity contribution in [3.05, 3.63) is 41.5 Å². The van der Waals surface area contributed by atoms with Crippen LogP contribution in [0.4, 0.5) is 0 Å². The van der Waals surface area contributed by atoms with Crippen LogP contribution in [-0.2, 0) is 9.53 Å². The summed E-state index contributed by atoms with van der Waals surface area (Å²) in [6, 6.07) is 1.99. The number of carboxylic acids is 2. The number of benzene rings is 1. The molecule has 0 fully saturated rings. The Morgan fingerprint density at radius 3 is 2.18 bits per heavy atom. The zero-order chi connectivity index (χ0) is 21.1. The summed E-state index contributed by atoms with van der Waals surface area (Å²) in [7, 11) is 0. The van der Waals surface area contributed by atoms with E-state index >= 15 is 0 Å². The highest BCUT2D eigenvalue weighted by Crippen LogP contribution is 2.28. The van der Waals surface area contributed by atoms with E-state index in [9.17, 15) is 29.4 Å². The molecule has 0 amide bonds. The van der Waals surface area contributed by atoms with Crippen LogP contribution < -0.4 is 4.74 Å². The van der Waals surface area contributed by atoms with E-state index in [-0.39, 0.29) is 6.61 Å². The summed E-state index contributed by atoms with van der Waals surface area (Å²) in [5, 5.41) is 18.6. The summed E-state index contributed by atoms with van der Waals surface area (Å²) in [6.07, 6.45) is 6.56. The van der Waals surface area contributed by atoms with E-state index in [1.807, 2.05) is 0 Å². The highest BCUT2D eigenvalue weighted by Gasteiger charge is 2.29. The summed E-state index contributed by atoms with van der Waals surface area (Å²) in [4.78, 5) is 46.9. The van der Waals surface area contributed by atoms with Gasteiger partial charge in [0.05, 0.1) is 17.7 Å². The SMILES string of the molecule is C=CC(=O)Oc1ccc(C(=O)O)c(C(=O)O)c1C(=O)OCCCCCCCC. The van der Waals surface area contributed by atoms with Gasteiger partial charge in [-0.05, 0) is 18.6 Å². The quantitative estimate of drug-likeness (QED) is 0.239. The van der Waals surface area contributed by atoms with E-state index in [2.05, 4.69) is 13.5 Å². The summed E-state index contributed by atoms with van der Waals surface area (Å²) >= 11 is 0. The number of aromatic carboxylic acids is 2. The molecule has 0 spiro atoms. The molecule has 152 valence electrons. The molecule has 0 aliphatic carbocycles. The van der Waals surface area contributed by atoms with Crippen LogP contribution in [0.15, 0.2) is 24.8 Å². The van der Waals surface area contributed by atoms with Gasteiger partial charge in [-0.1, -0.05) is 45.6 Å². The lowest BCUT2D eigenvalue weighted by Gasteiger charge is -2.13. The number of carbonyl (C=O) groups is 4. The number of esters is 2. The highest BCUT2D eigenvalue weighted by atomic mass is 16.5. The second-order valence-corrected chi connectivity index (χ2v) is 6.00. The van der Waals surface area contributed by atoms with Gasteiger partial charge < -0.3 is 19.7 Å². The fourth-order valence-corrected chi connectivity index (χ4v) is 2.54. The van der Waals surface area contributed by atoms with E-state index in [1.165, 1.54) is 0 Å². The predicted octanol–water partition coefficient (Wildman–Crippen LogP) is 3.69. The normalized spacial score (nSPS) is 10.2. The Labute approximate surface area is 162 Å². The van der Waals surface area contributed by atoms with Crippen molar-refractivity contribution < 1.29 is 38.9 Å². The van der Waals surface area contributed by atoms with Gasteiger partial charge in [0.25, 0.3) is 0 Å². The predicted molar refractivity (Wildman–Crippen MR) is 99.9 cm³/mol. The molecule has 8 nitrogen and oxygen atoms in total. The lowest BCUT2D eigenvalue weighted by molar-refractivity contribution is -0.129. The van der Waals surface area contributed by atoms with Gasteiger partial charge in [-0.15, -0.1) is 0 Å². The lowest BCUT2D eigenvalue weighted by atomic mass is 9.99. The molecule has 0 aliphatic heterocycles. The summed E-state index contributed by atoms with van der Waals surface area (Å²) < 4.78 is 10.0. The Morgan fingerprint density at radius 1 is 0.964 bits per heavy atom. The van der Waals surface area contributed by atoms with Crippen LogP contribution in [0.1, 0.15) is 76.5 Å². The Balaban J connectivity index is 3.07. The number of ether oxygens (including phenoxy) is 2. The molecule has 0 aliphatic rings. The van der Waals surface area contributed by atoms with E-state index in [1.54, 1.807) is 0 Å². The second-order valence-electron chi connectivity index (χ2n) is 6.00. The van der Waals surface area contributed by atoms with Crippen LogP contribution in [0.25, 0.3) is 0 Å². The zero-order valence-electron chi connectivity index (χ0n) is 15.7. The Bertz CT molecular complexity index is 751. The Kier molecular flexibility index (Phi) is 9.42. The molecule has 2 N–H and O–H groups in total. The van der Waals surface area contributed by atoms with Crippen LogP contribution in [-0.4, -0.2) is 40.7 Å². The third kappa shape index (κ3) is 6.53. The van der Waals surface area contributed by atoms with Crippen molar-refractivity contribution in [1.82, 2.24) is 0 Å². The fourth-order valence-electron chi connectivity index (χ4n) is 2.54. The molecule has 8 heteroatoms. The average Bonchev–Trinajstić information content (AvgIpc) is 2.66. The molecular formula is C20H24O8. The standard InChI is InChI=1S/C20H24O8/c1-3-5-6-7-8-9-12-27-20(26)17-14(28-15(21)4-2)11-10-13(18(22)23)16(17)19(24)25/h4,10-11H,2-3,5-9,12H2,1H3,(H,22,23)(H,24,25). The first-order valence-corrected chi connectivity index (χ1v) is 8.98. The maximum absolute atomic E-state index is 12.5. The maximum atomic E-state index is 12.5. The molecule has 0 saturated heterocycles. The van der Waals surface area contributed by atoms with Crippen LogP contribution in [0, 0.1) is 0 Å². The second kappa shape index (κ2) is 11.5. The van der Waals surface area contributed by atoms with Crippen molar-refractivity contribution in [2.75, 3.05) is 6.61 Å². The van der Waals surface area contributed by atoms with Crippen molar-refractivity contribution in [3.8, 4) is 5.75 Å². The van der Waals surface area contributed by atoms with Crippen molar-refractivity contribution in [1.29, 1.82) is 0 Å². The third-order valence-electron chi connectivity index (χ3n) is 3.92. The molecule has 0 bridgehead atoms. The molecule has 0 atom stereocenters. The Hall–Kier alpha value is -3.16. The number of rotatable bonds is 12. The molecule has 0 heterocycles. The number of carbonyl (C=O) groups excluding carboxylic acids is 2. The van der Waals surface area contributed by atoms with Gasteiger partial charge in [-0.2, -0.15) is 0 Å². The van der Waals surface area contributed by atoms with Gasteiger partial charge in [-0.25, -0.2) is 19.2 Å². The molecule has 0 radical (unpaired) electrons. The first-order chi connectivity index (χ1) is 13.3. The molecule has 1 aromatic carbocycles. The topological polar surface area (TPSA) is 127 Å². The van der Waals surface area contributed by atoms with Crippen LogP contribution >= 0.6 is 0 Å². The summed E-state index contributed by atoms with van der Waals surface area (Å²) in [6.45, 7) is 5.36. The van der Waals surface area contributed by atoms with Crippen LogP contribution in [0.5, 0.6) is 5.75 Å². The van der Waals surface area contributed by atoms with E-state index in [0.29, 0.717) is 6.42 Å². The van der Waals surface area contributed by atoms with Crippen molar-refractivity contribution in [3.63, 3.8) is 0 Å².